The van der Waals surface area contributed by atoms with Gasteiger partial charge in [-0.1, -0.05) is 6.42 Å². The second-order valence-electron chi connectivity index (χ2n) is 7.54. The molecule has 4 fully saturated rings. The summed E-state index contributed by atoms with van der Waals surface area (Å²) >= 11 is 0. The van der Waals surface area contributed by atoms with Crippen LogP contribution in [0.1, 0.15) is 44.9 Å². The van der Waals surface area contributed by atoms with Crippen LogP contribution >= 0.6 is 0 Å². The SMILES string of the molecule is NCC1CC2CC3CCC4CC1C(N)(C2)C3C4. The number of hydrogen-bond donors (Lipinski definition) is 2. The zero-order chi connectivity index (χ0) is 11.6. The minimum atomic E-state index is 0.187. The maximum atomic E-state index is 6.95. The van der Waals surface area contributed by atoms with Gasteiger partial charge in [0, 0.05) is 5.54 Å². The van der Waals surface area contributed by atoms with E-state index in [-0.39, 0.29) is 5.54 Å². The monoisotopic (exact) mass is 234 g/mol. The van der Waals surface area contributed by atoms with Gasteiger partial charge < -0.3 is 11.5 Å². The second kappa shape index (κ2) is 3.48. The summed E-state index contributed by atoms with van der Waals surface area (Å²) in [7, 11) is 0. The van der Waals surface area contributed by atoms with Crippen LogP contribution in [0, 0.1) is 35.5 Å². The Balaban J connectivity index is 1.76. The average Bonchev–Trinajstić information content (AvgIpc) is 2.35. The third-order valence-corrected chi connectivity index (χ3v) is 6.86. The van der Waals surface area contributed by atoms with E-state index < -0.39 is 0 Å². The predicted molar refractivity (Wildman–Crippen MR) is 69.2 cm³/mol. The first-order valence-electron chi connectivity index (χ1n) is 7.69. The van der Waals surface area contributed by atoms with Gasteiger partial charge in [0.1, 0.15) is 0 Å². The van der Waals surface area contributed by atoms with E-state index in [1.807, 2.05) is 0 Å². The van der Waals surface area contributed by atoms with E-state index in [9.17, 15) is 0 Å². The molecule has 0 aliphatic heterocycles. The third kappa shape index (κ3) is 1.34. The van der Waals surface area contributed by atoms with Crippen LogP contribution in [0.25, 0.3) is 0 Å². The van der Waals surface area contributed by atoms with Crippen molar-refractivity contribution in [3.63, 3.8) is 0 Å². The molecule has 0 amide bonds. The molecule has 4 N–H and O–H groups in total. The molecule has 2 heteroatoms. The Morgan fingerprint density at radius 1 is 0.941 bits per heavy atom. The molecule has 2 nitrogen and oxygen atoms in total. The van der Waals surface area contributed by atoms with Crippen LogP contribution in [0.15, 0.2) is 0 Å². The van der Waals surface area contributed by atoms with Crippen molar-refractivity contribution in [1.29, 1.82) is 0 Å². The maximum Gasteiger partial charge on any atom is 0.0220 e. The molecule has 4 saturated carbocycles. The summed E-state index contributed by atoms with van der Waals surface area (Å²) < 4.78 is 0. The van der Waals surface area contributed by atoms with Crippen LogP contribution in [-0.4, -0.2) is 12.1 Å². The Labute approximate surface area is 105 Å². The third-order valence-electron chi connectivity index (χ3n) is 6.86. The Morgan fingerprint density at radius 2 is 1.76 bits per heavy atom. The molecule has 4 aliphatic rings. The van der Waals surface area contributed by atoms with Crippen molar-refractivity contribution < 1.29 is 0 Å². The van der Waals surface area contributed by atoms with Crippen molar-refractivity contribution >= 4 is 0 Å². The number of fused-ring (bicyclic) bond motifs is 2. The first-order valence-corrected chi connectivity index (χ1v) is 7.69. The van der Waals surface area contributed by atoms with Crippen LogP contribution in [-0.2, 0) is 0 Å². The fourth-order valence-electron chi connectivity index (χ4n) is 6.31. The second-order valence-corrected chi connectivity index (χ2v) is 7.54. The van der Waals surface area contributed by atoms with Gasteiger partial charge in [0.2, 0.25) is 0 Å². The quantitative estimate of drug-likeness (QED) is 0.730. The van der Waals surface area contributed by atoms with E-state index in [1.54, 1.807) is 0 Å². The zero-order valence-electron chi connectivity index (χ0n) is 10.8. The Bertz CT molecular complexity index is 327. The fraction of sp³-hybridized carbons (Fsp3) is 1.00. The molecule has 0 radical (unpaired) electrons. The summed E-state index contributed by atoms with van der Waals surface area (Å²) in [5.41, 5.74) is 13.2. The molecule has 0 aromatic carbocycles. The fourth-order valence-corrected chi connectivity index (χ4v) is 6.31. The summed E-state index contributed by atoms with van der Waals surface area (Å²) in [6.07, 6.45) is 9.98. The van der Waals surface area contributed by atoms with E-state index in [4.69, 9.17) is 11.5 Å². The van der Waals surface area contributed by atoms with Crippen LogP contribution in [0.4, 0.5) is 0 Å². The predicted octanol–water partition coefficient (Wildman–Crippen LogP) is 2.12. The molecule has 7 unspecified atom stereocenters. The minimum Gasteiger partial charge on any atom is -0.330 e. The van der Waals surface area contributed by atoms with E-state index in [0.29, 0.717) is 0 Å². The topological polar surface area (TPSA) is 52.0 Å². The van der Waals surface area contributed by atoms with Gasteiger partial charge in [0.05, 0.1) is 0 Å². The molecule has 4 rings (SSSR count). The highest BCUT2D eigenvalue weighted by atomic mass is 14.9. The molecule has 4 bridgehead atoms. The van der Waals surface area contributed by atoms with Crippen LogP contribution in [0.3, 0.4) is 0 Å². The first kappa shape index (κ1) is 10.8. The lowest BCUT2D eigenvalue weighted by molar-refractivity contribution is -0.107. The number of nitrogens with two attached hydrogens (primary N) is 2. The molecular formula is C15H26N2. The van der Waals surface area contributed by atoms with Crippen LogP contribution in [0.5, 0.6) is 0 Å². The molecule has 96 valence electrons. The van der Waals surface area contributed by atoms with Crippen LogP contribution in [0.2, 0.25) is 0 Å². The summed E-state index contributed by atoms with van der Waals surface area (Å²) in [6, 6.07) is 0. The Hall–Kier alpha value is -0.0800. The maximum absolute atomic E-state index is 6.95. The van der Waals surface area contributed by atoms with E-state index in [1.165, 1.54) is 44.9 Å². The summed E-state index contributed by atoms with van der Waals surface area (Å²) in [5, 5.41) is 0. The normalized spacial score (nSPS) is 60.4. The molecule has 0 spiro atoms. The molecule has 0 aromatic heterocycles. The molecule has 0 saturated heterocycles. The molecule has 0 aromatic rings. The lowest BCUT2D eigenvalue weighted by Gasteiger charge is -2.64. The zero-order valence-corrected chi connectivity index (χ0v) is 10.8. The lowest BCUT2D eigenvalue weighted by atomic mass is 9.43. The molecule has 17 heavy (non-hydrogen) atoms. The molecular weight excluding hydrogens is 208 g/mol. The minimum absolute atomic E-state index is 0.187. The van der Waals surface area contributed by atoms with Gasteiger partial charge in [-0.3, -0.25) is 0 Å². The Kier molecular flexibility index (Phi) is 2.21. The van der Waals surface area contributed by atoms with E-state index >= 15 is 0 Å². The average molecular weight is 234 g/mol. The van der Waals surface area contributed by atoms with Gasteiger partial charge in [-0.05, 0) is 80.6 Å². The van der Waals surface area contributed by atoms with Crippen molar-refractivity contribution in [1.82, 2.24) is 0 Å². The van der Waals surface area contributed by atoms with Crippen molar-refractivity contribution in [2.24, 2.45) is 47.0 Å². The van der Waals surface area contributed by atoms with Gasteiger partial charge in [0.15, 0.2) is 0 Å². The van der Waals surface area contributed by atoms with Crippen molar-refractivity contribution in [3.8, 4) is 0 Å². The lowest BCUT2D eigenvalue weighted by Crippen LogP contribution is -2.68. The number of rotatable bonds is 1. The van der Waals surface area contributed by atoms with Crippen LogP contribution < -0.4 is 11.5 Å². The highest BCUT2D eigenvalue weighted by molar-refractivity contribution is 5.13. The molecule has 7 atom stereocenters. The number of hydrogen-bond acceptors (Lipinski definition) is 2. The summed E-state index contributed by atoms with van der Waals surface area (Å²) in [6.45, 7) is 0.879. The van der Waals surface area contributed by atoms with Crippen molar-refractivity contribution in [2.45, 2.75) is 50.5 Å². The van der Waals surface area contributed by atoms with E-state index in [0.717, 1.165) is 42.1 Å². The highest BCUT2D eigenvalue weighted by Gasteiger charge is 2.59. The van der Waals surface area contributed by atoms with Crippen molar-refractivity contribution in [3.05, 3.63) is 0 Å². The smallest absolute Gasteiger partial charge is 0.0220 e. The van der Waals surface area contributed by atoms with Gasteiger partial charge >= 0.3 is 0 Å². The summed E-state index contributed by atoms with van der Waals surface area (Å²) in [5.74, 6) is 5.21. The first-order chi connectivity index (χ1) is 8.20. The summed E-state index contributed by atoms with van der Waals surface area (Å²) in [4.78, 5) is 0. The largest absolute Gasteiger partial charge is 0.330 e. The highest BCUT2D eigenvalue weighted by Crippen LogP contribution is 2.61. The van der Waals surface area contributed by atoms with Crippen molar-refractivity contribution in [2.75, 3.05) is 6.54 Å². The van der Waals surface area contributed by atoms with Gasteiger partial charge in [-0.25, -0.2) is 0 Å². The Morgan fingerprint density at radius 3 is 2.59 bits per heavy atom. The molecule has 4 aliphatic carbocycles. The van der Waals surface area contributed by atoms with Gasteiger partial charge in [0.25, 0.3) is 0 Å². The van der Waals surface area contributed by atoms with Gasteiger partial charge in [-0.15, -0.1) is 0 Å². The standard InChI is InChI=1S/C15H26N2/c16-8-12-4-10-3-11-2-1-9-5-13(11)15(17,7-10)14(12)6-9/h9-14H,1-8,16-17H2. The van der Waals surface area contributed by atoms with E-state index in [2.05, 4.69) is 0 Å². The van der Waals surface area contributed by atoms with Gasteiger partial charge in [-0.2, -0.15) is 0 Å². The molecule has 0 heterocycles.